The number of hydrogen-bond acceptors (Lipinski definition) is 3. The van der Waals surface area contributed by atoms with Crippen molar-refractivity contribution in [2.75, 3.05) is 26.2 Å². The molecule has 5 nitrogen and oxygen atoms in total. The standard InChI is InChI=1S/C13H25N3O2S/c14-9-11-3-7-16(8-4-11)19(17,18)15-10-13(5-6-13)12-1-2-12/h11-12,15H,1-10,14H2. The molecule has 0 unspecified atom stereocenters. The molecule has 0 amide bonds. The molecule has 1 heterocycles. The molecule has 1 aliphatic heterocycles. The maximum atomic E-state index is 12.3. The Hall–Kier alpha value is -0.170. The van der Waals surface area contributed by atoms with Gasteiger partial charge in [0, 0.05) is 19.6 Å². The zero-order chi connectivity index (χ0) is 13.5. The number of nitrogens with one attached hydrogen (secondary N) is 1. The lowest BCUT2D eigenvalue weighted by Gasteiger charge is -2.31. The lowest BCUT2D eigenvalue weighted by atomic mass is 9.99. The highest BCUT2D eigenvalue weighted by atomic mass is 32.2. The van der Waals surface area contributed by atoms with Gasteiger partial charge in [0.15, 0.2) is 0 Å². The predicted octanol–water partition coefficient (Wildman–Crippen LogP) is 0.682. The third-order valence-electron chi connectivity index (χ3n) is 5.19. The van der Waals surface area contributed by atoms with E-state index in [0.29, 0.717) is 37.5 Å². The van der Waals surface area contributed by atoms with E-state index in [9.17, 15) is 8.42 Å². The Labute approximate surface area is 116 Å². The minimum absolute atomic E-state index is 0.322. The number of nitrogens with zero attached hydrogens (tertiary/aromatic N) is 1. The fraction of sp³-hybridized carbons (Fsp3) is 1.00. The van der Waals surface area contributed by atoms with Gasteiger partial charge in [-0.1, -0.05) is 0 Å². The van der Waals surface area contributed by atoms with Gasteiger partial charge in [0.1, 0.15) is 0 Å². The molecule has 6 heteroatoms. The van der Waals surface area contributed by atoms with Gasteiger partial charge < -0.3 is 5.73 Å². The van der Waals surface area contributed by atoms with Gasteiger partial charge in [-0.05, 0) is 62.3 Å². The molecule has 110 valence electrons. The van der Waals surface area contributed by atoms with Gasteiger partial charge in [-0.2, -0.15) is 12.7 Å². The Bertz CT molecular complexity index is 421. The summed E-state index contributed by atoms with van der Waals surface area (Å²) in [6.45, 7) is 2.56. The highest BCUT2D eigenvalue weighted by Crippen LogP contribution is 2.60. The molecular formula is C13H25N3O2S. The Morgan fingerprint density at radius 2 is 1.79 bits per heavy atom. The van der Waals surface area contributed by atoms with E-state index in [-0.39, 0.29) is 0 Å². The van der Waals surface area contributed by atoms with E-state index in [1.165, 1.54) is 25.7 Å². The summed E-state index contributed by atoms with van der Waals surface area (Å²) in [5.74, 6) is 1.28. The first-order valence-electron chi connectivity index (χ1n) is 7.50. The second-order valence-corrected chi connectivity index (χ2v) is 8.30. The van der Waals surface area contributed by atoms with Crippen molar-refractivity contribution in [3.63, 3.8) is 0 Å². The summed E-state index contributed by atoms with van der Waals surface area (Å²) in [6, 6.07) is 0. The maximum Gasteiger partial charge on any atom is 0.279 e. The van der Waals surface area contributed by atoms with Crippen molar-refractivity contribution < 1.29 is 8.42 Å². The van der Waals surface area contributed by atoms with Gasteiger partial charge >= 0.3 is 0 Å². The number of hydrogen-bond donors (Lipinski definition) is 2. The number of nitrogens with two attached hydrogens (primary N) is 1. The average molecular weight is 287 g/mol. The van der Waals surface area contributed by atoms with Crippen LogP contribution in [0.4, 0.5) is 0 Å². The highest BCUT2D eigenvalue weighted by Gasteiger charge is 2.53. The van der Waals surface area contributed by atoms with Crippen LogP contribution in [0.1, 0.15) is 38.5 Å². The molecule has 3 aliphatic rings. The SMILES string of the molecule is NCC1CCN(S(=O)(=O)NCC2(C3CC3)CC2)CC1. The van der Waals surface area contributed by atoms with Crippen molar-refractivity contribution >= 4 is 10.2 Å². The average Bonchev–Trinajstić information content (AvgIpc) is 3.29. The molecule has 3 fully saturated rings. The number of piperidine rings is 1. The summed E-state index contributed by atoms with van der Waals surface area (Å²) in [7, 11) is -3.27. The maximum absolute atomic E-state index is 12.3. The quantitative estimate of drug-likeness (QED) is 0.754. The molecule has 3 rings (SSSR count). The smallest absolute Gasteiger partial charge is 0.279 e. The molecule has 0 radical (unpaired) electrons. The summed E-state index contributed by atoms with van der Waals surface area (Å²) >= 11 is 0. The Balaban J connectivity index is 1.52. The zero-order valence-corrected chi connectivity index (χ0v) is 12.3. The highest BCUT2D eigenvalue weighted by molar-refractivity contribution is 7.87. The van der Waals surface area contributed by atoms with Gasteiger partial charge in [-0.25, -0.2) is 4.72 Å². The van der Waals surface area contributed by atoms with Gasteiger partial charge in [0.2, 0.25) is 0 Å². The van der Waals surface area contributed by atoms with Crippen molar-refractivity contribution in [2.24, 2.45) is 23.0 Å². The monoisotopic (exact) mass is 287 g/mol. The van der Waals surface area contributed by atoms with Crippen LogP contribution in [-0.4, -0.2) is 38.9 Å². The molecule has 2 aliphatic carbocycles. The Kier molecular flexibility index (Phi) is 3.62. The largest absolute Gasteiger partial charge is 0.330 e. The third kappa shape index (κ3) is 2.96. The van der Waals surface area contributed by atoms with Gasteiger partial charge in [0.05, 0.1) is 0 Å². The van der Waals surface area contributed by atoms with Gasteiger partial charge in [0.25, 0.3) is 10.2 Å². The number of rotatable bonds is 6. The van der Waals surface area contributed by atoms with E-state index in [1.54, 1.807) is 4.31 Å². The molecule has 3 N–H and O–H groups in total. The fourth-order valence-electron chi connectivity index (χ4n) is 3.30. The first-order chi connectivity index (χ1) is 9.06. The van der Waals surface area contributed by atoms with Gasteiger partial charge in [-0.15, -0.1) is 0 Å². The van der Waals surface area contributed by atoms with Crippen molar-refractivity contribution in [2.45, 2.75) is 38.5 Å². The van der Waals surface area contributed by atoms with Crippen molar-refractivity contribution in [3.8, 4) is 0 Å². The van der Waals surface area contributed by atoms with Crippen molar-refractivity contribution in [1.82, 2.24) is 9.03 Å². The van der Waals surface area contributed by atoms with Crippen LogP contribution in [-0.2, 0) is 10.2 Å². The first-order valence-corrected chi connectivity index (χ1v) is 8.94. The molecule has 0 aromatic heterocycles. The summed E-state index contributed by atoms with van der Waals surface area (Å²) in [5, 5.41) is 0. The second-order valence-electron chi connectivity index (χ2n) is 6.54. The summed E-state index contributed by atoms with van der Waals surface area (Å²) in [5.41, 5.74) is 5.96. The Morgan fingerprint density at radius 1 is 1.16 bits per heavy atom. The third-order valence-corrected chi connectivity index (χ3v) is 6.74. The van der Waals surface area contributed by atoms with Crippen LogP contribution < -0.4 is 10.5 Å². The molecule has 0 aromatic rings. The van der Waals surface area contributed by atoms with E-state index in [2.05, 4.69) is 4.72 Å². The van der Waals surface area contributed by atoms with Crippen LogP contribution in [0.25, 0.3) is 0 Å². The molecule has 0 aromatic carbocycles. The predicted molar refractivity (Wildman–Crippen MR) is 74.7 cm³/mol. The summed E-state index contributed by atoms with van der Waals surface area (Å²) < 4.78 is 29.0. The second kappa shape index (κ2) is 4.98. The molecule has 1 saturated heterocycles. The van der Waals surface area contributed by atoms with E-state index in [4.69, 9.17) is 5.73 Å². The van der Waals surface area contributed by atoms with Gasteiger partial charge in [-0.3, -0.25) is 0 Å². The fourth-order valence-corrected chi connectivity index (χ4v) is 4.64. The Morgan fingerprint density at radius 3 is 2.26 bits per heavy atom. The molecular weight excluding hydrogens is 262 g/mol. The van der Waals surface area contributed by atoms with Crippen LogP contribution in [0.5, 0.6) is 0 Å². The summed E-state index contributed by atoms with van der Waals surface area (Å²) in [6.07, 6.45) is 6.79. The van der Waals surface area contributed by atoms with Crippen molar-refractivity contribution in [3.05, 3.63) is 0 Å². The van der Waals surface area contributed by atoms with E-state index in [1.807, 2.05) is 0 Å². The van der Waals surface area contributed by atoms with Crippen LogP contribution in [0.15, 0.2) is 0 Å². The van der Waals surface area contributed by atoms with Crippen LogP contribution in [0.2, 0.25) is 0 Å². The van der Waals surface area contributed by atoms with E-state index < -0.39 is 10.2 Å². The van der Waals surface area contributed by atoms with Crippen molar-refractivity contribution in [1.29, 1.82) is 0 Å². The molecule has 2 saturated carbocycles. The minimum atomic E-state index is -3.27. The normalized spacial score (nSPS) is 28.5. The molecule has 0 spiro atoms. The zero-order valence-electron chi connectivity index (χ0n) is 11.5. The van der Waals surface area contributed by atoms with Crippen LogP contribution in [0.3, 0.4) is 0 Å². The van der Waals surface area contributed by atoms with Crippen LogP contribution in [0, 0.1) is 17.3 Å². The molecule has 19 heavy (non-hydrogen) atoms. The van der Waals surface area contributed by atoms with E-state index >= 15 is 0 Å². The lowest BCUT2D eigenvalue weighted by molar-refractivity contribution is 0.274. The lowest BCUT2D eigenvalue weighted by Crippen LogP contribution is -2.47. The topological polar surface area (TPSA) is 75.4 Å². The molecule has 0 bridgehead atoms. The summed E-state index contributed by atoms with van der Waals surface area (Å²) in [4.78, 5) is 0. The van der Waals surface area contributed by atoms with Crippen LogP contribution >= 0.6 is 0 Å². The minimum Gasteiger partial charge on any atom is -0.330 e. The van der Waals surface area contributed by atoms with E-state index in [0.717, 1.165) is 18.8 Å². The molecule has 0 atom stereocenters. The first kappa shape index (κ1) is 13.8.